The fourth-order valence-corrected chi connectivity index (χ4v) is 4.42. The van der Waals surface area contributed by atoms with E-state index >= 15 is 0 Å². The van der Waals surface area contributed by atoms with Crippen LogP contribution in [-0.4, -0.2) is 43.7 Å². The van der Waals surface area contributed by atoms with Gasteiger partial charge in [-0.15, -0.1) is 10.2 Å². The molecule has 8 heteroatoms. The summed E-state index contributed by atoms with van der Waals surface area (Å²) in [4.78, 5) is 24.2. The fourth-order valence-electron chi connectivity index (χ4n) is 4.42. The molecule has 6 rings (SSSR count). The molecule has 8 nitrogen and oxygen atoms in total. The van der Waals surface area contributed by atoms with Gasteiger partial charge in [-0.2, -0.15) is 0 Å². The first-order chi connectivity index (χ1) is 16.7. The zero-order valence-corrected chi connectivity index (χ0v) is 18.8. The molecule has 0 unspecified atom stereocenters. The van der Waals surface area contributed by atoms with Gasteiger partial charge >= 0.3 is 0 Å². The van der Waals surface area contributed by atoms with Crippen molar-refractivity contribution in [1.29, 1.82) is 0 Å². The Morgan fingerprint density at radius 2 is 1.82 bits per heavy atom. The third kappa shape index (κ3) is 4.14. The van der Waals surface area contributed by atoms with Gasteiger partial charge in [0.15, 0.2) is 5.82 Å². The third-order valence-corrected chi connectivity index (χ3v) is 6.40. The number of aromatic nitrogens is 5. The molecule has 0 spiro atoms. The highest BCUT2D eigenvalue weighted by atomic mass is 16.1. The molecule has 34 heavy (non-hydrogen) atoms. The number of nitrogens with one attached hydrogen (secondary N) is 1. The molecule has 1 amide bonds. The highest BCUT2D eigenvalue weighted by Gasteiger charge is 2.26. The van der Waals surface area contributed by atoms with Gasteiger partial charge in [-0.05, 0) is 67.6 Å². The molecular formula is C26H25N7O. The molecule has 1 aliphatic heterocycles. The van der Waals surface area contributed by atoms with Gasteiger partial charge in [-0.1, -0.05) is 12.1 Å². The Hall–Kier alpha value is -4.07. The number of rotatable bonds is 6. The summed E-state index contributed by atoms with van der Waals surface area (Å²) in [6.45, 7) is 2.12. The quantitative estimate of drug-likeness (QED) is 0.461. The minimum Gasteiger partial charge on any atom is -0.357 e. The molecule has 0 radical (unpaired) electrons. The second-order valence-corrected chi connectivity index (χ2v) is 8.86. The predicted molar refractivity (Wildman–Crippen MR) is 131 cm³/mol. The molecule has 1 aliphatic carbocycles. The Morgan fingerprint density at radius 1 is 0.941 bits per heavy atom. The second kappa shape index (κ2) is 8.70. The standard InChI is InChI=1S/C26H25N7O/c34-26(30-21-5-3-4-19(14-21)25-31-29-17-33(25)22-7-8-22)23-15-18(10-11-27-23)20-6-9-24(28-16-20)32-12-1-2-13-32/h3-6,9-11,14-17,22H,1-2,7-8,12-13H2,(H,30,34). The maximum Gasteiger partial charge on any atom is 0.274 e. The minimum atomic E-state index is -0.260. The van der Waals surface area contributed by atoms with Gasteiger partial charge in [0.05, 0.1) is 0 Å². The van der Waals surface area contributed by atoms with Crippen molar-refractivity contribution in [2.24, 2.45) is 0 Å². The van der Waals surface area contributed by atoms with Crippen LogP contribution in [-0.2, 0) is 0 Å². The molecule has 3 aromatic heterocycles. The largest absolute Gasteiger partial charge is 0.357 e. The van der Waals surface area contributed by atoms with E-state index in [4.69, 9.17) is 0 Å². The molecule has 2 fully saturated rings. The predicted octanol–water partition coefficient (Wildman–Crippen LogP) is 4.59. The number of carbonyl (C=O) groups is 1. The Balaban J connectivity index is 1.19. The van der Waals surface area contributed by atoms with E-state index in [0.29, 0.717) is 17.4 Å². The summed E-state index contributed by atoms with van der Waals surface area (Å²) in [6.07, 6.45) is 10.0. The van der Waals surface area contributed by atoms with Gasteiger partial charge in [0.1, 0.15) is 17.8 Å². The molecule has 1 N–H and O–H groups in total. The monoisotopic (exact) mass is 451 g/mol. The molecule has 1 saturated heterocycles. The number of pyridine rings is 2. The smallest absolute Gasteiger partial charge is 0.274 e. The Labute approximate surface area is 197 Å². The van der Waals surface area contributed by atoms with Crippen LogP contribution < -0.4 is 10.2 Å². The first-order valence-electron chi connectivity index (χ1n) is 11.7. The van der Waals surface area contributed by atoms with Crippen molar-refractivity contribution in [3.63, 3.8) is 0 Å². The van der Waals surface area contributed by atoms with Gasteiger partial charge in [-0.3, -0.25) is 9.78 Å². The van der Waals surface area contributed by atoms with E-state index in [1.54, 1.807) is 18.6 Å². The maximum atomic E-state index is 13.0. The molecule has 4 aromatic rings. The topological polar surface area (TPSA) is 88.8 Å². The molecular weight excluding hydrogens is 426 g/mol. The van der Waals surface area contributed by atoms with Crippen molar-refractivity contribution in [1.82, 2.24) is 24.7 Å². The zero-order valence-electron chi connectivity index (χ0n) is 18.8. The lowest BCUT2D eigenvalue weighted by atomic mass is 10.1. The van der Waals surface area contributed by atoms with E-state index in [1.807, 2.05) is 42.6 Å². The summed E-state index contributed by atoms with van der Waals surface area (Å²) in [5, 5.41) is 11.3. The van der Waals surface area contributed by atoms with Crippen LogP contribution in [0.25, 0.3) is 22.5 Å². The van der Waals surface area contributed by atoms with Crippen molar-refractivity contribution in [2.75, 3.05) is 23.3 Å². The molecule has 0 atom stereocenters. The SMILES string of the molecule is O=C(Nc1cccc(-c2nncn2C2CC2)c1)c1cc(-c2ccc(N3CCCC3)nc2)ccn1. The normalized spacial score (nSPS) is 15.5. The molecule has 0 bridgehead atoms. The van der Waals surface area contributed by atoms with Crippen LogP contribution in [0.2, 0.25) is 0 Å². The summed E-state index contributed by atoms with van der Waals surface area (Å²) in [6, 6.07) is 16.0. The third-order valence-electron chi connectivity index (χ3n) is 6.40. The van der Waals surface area contributed by atoms with Crippen molar-refractivity contribution >= 4 is 17.4 Å². The van der Waals surface area contributed by atoms with E-state index in [-0.39, 0.29) is 5.91 Å². The number of nitrogens with zero attached hydrogens (tertiary/aromatic N) is 6. The van der Waals surface area contributed by atoms with Crippen LogP contribution in [0.15, 0.2) is 67.3 Å². The minimum absolute atomic E-state index is 0.260. The molecule has 170 valence electrons. The van der Waals surface area contributed by atoms with Crippen molar-refractivity contribution in [3.8, 4) is 22.5 Å². The van der Waals surface area contributed by atoms with Crippen LogP contribution >= 0.6 is 0 Å². The Morgan fingerprint density at radius 3 is 2.62 bits per heavy atom. The number of hydrogen-bond donors (Lipinski definition) is 1. The second-order valence-electron chi connectivity index (χ2n) is 8.86. The van der Waals surface area contributed by atoms with Gasteiger partial charge in [0.2, 0.25) is 0 Å². The molecule has 1 aromatic carbocycles. The van der Waals surface area contributed by atoms with E-state index in [9.17, 15) is 4.79 Å². The lowest BCUT2D eigenvalue weighted by Crippen LogP contribution is -2.18. The highest BCUT2D eigenvalue weighted by molar-refractivity contribution is 6.03. The van der Waals surface area contributed by atoms with Crippen LogP contribution in [0.5, 0.6) is 0 Å². The summed E-state index contributed by atoms with van der Waals surface area (Å²) in [5.74, 6) is 1.57. The van der Waals surface area contributed by atoms with Crippen molar-refractivity contribution in [2.45, 2.75) is 31.7 Å². The van der Waals surface area contributed by atoms with Crippen molar-refractivity contribution in [3.05, 3.63) is 72.9 Å². The van der Waals surface area contributed by atoms with E-state index in [0.717, 1.165) is 54.3 Å². The molecule has 1 saturated carbocycles. The van der Waals surface area contributed by atoms with Gasteiger partial charge < -0.3 is 14.8 Å². The number of amides is 1. The highest BCUT2D eigenvalue weighted by Crippen LogP contribution is 2.37. The Bertz CT molecular complexity index is 1320. The van der Waals surface area contributed by atoms with Crippen molar-refractivity contribution < 1.29 is 4.79 Å². The fraction of sp³-hybridized carbons (Fsp3) is 0.269. The van der Waals surface area contributed by atoms with E-state index in [2.05, 4.69) is 41.0 Å². The average molecular weight is 452 g/mol. The number of benzene rings is 1. The van der Waals surface area contributed by atoms with Crippen LogP contribution in [0.4, 0.5) is 11.5 Å². The van der Waals surface area contributed by atoms with Crippen LogP contribution in [0.3, 0.4) is 0 Å². The van der Waals surface area contributed by atoms with Gasteiger partial charge in [-0.25, -0.2) is 4.98 Å². The van der Waals surface area contributed by atoms with Crippen LogP contribution in [0.1, 0.15) is 42.2 Å². The summed E-state index contributed by atoms with van der Waals surface area (Å²) in [7, 11) is 0. The number of anilines is 2. The lowest BCUT2D eigenvalue weighted by molar-refractivity contribution is 0.102. The summed E-state index contributed by atoms with van der Waals surface area (Å²) >= 11 is 0. The molecule has 4 heterocycles. The van der Waals surface area contributed by atoms with E-state index < -0.39 is 0 Å². The summed E-state index contributed by atoms with van der Waals surface area (Å²) < 4.78 is 2.11. The van der Waals surface area contributed by atoms with Gasteiger partial charge in [0, 0.05) is 48.3 Å². The van der Waals surface area contributed by atoms with Crippen LogP contribution in [0, 0.1) is 0 Å². The summed E-state index contributed by atoms with van der Waals surface area (Å²) in [5.41, 5.74) is 3.84. The molecule has 2 aliphatic rings. The first-order valence-corrected chi connectivity index (χ1v) is 11.7. The number of carbonyl (C=O) groups excluding carboxylic acids is 1. The van der Waals surface area contributed by atoms with Gasteiger partial charge in [0.25, 0.3) is 5.91 Å². The first kappa shape index (κ1) is 20.5. The maximum absolute atomic E-state index is 13.0. The average Bonchev–Trinajstić information content (AvgIpc) is 3.36. The lowest BCUT2D eigenvalue weighted by Gasteiger charge is -2.16. The number of hydrogen-bond acceptors (Lipinski definition) is 6. The Kier molecular flexibility index (Phi) is 5.25. The zero-order chi connectivity index (χ0) is 22.9. The van der Waals surface area contributed by atoms with E-state index in [1.165, 1.54) is 12.8 Å².